The van der Waals surface area contributed by atoms with Gasteiger partial charge in [-0.1, -0.05) is 37.3 Å². The lowest BCUT2D eigenvalue weighted by Crippen LogP contribution is -2.52. The fraction of sp³-hybridized carbons (Fsp3) is 0.385. The molecule has 0 heterocycles. The number of carboxylic acid groups (broad SMARTS) is 1. The second-order valence-corrected chi connectivity index (χ2v) is 4.09. The molecular formula is C13H18N2O4. The molecule has 19 heavy (non-hydrogen) atoms. The van der Waals surface area contributed by atoms with E-state index in [-0.39, 0.29) is 6.61 Å². The summed E-state index contributed by atoms with van der Waals surface area (Å²) in [6.07, 6.45) is -0.351. The topological polar surface area (TPSA) is 102 Å². The number of nitrogens with two attached hydrogens (primary N) is 1. The van der Waals surface area contributed by atoms with Crippen LogP contribution < -0.4 is 11.1 Å². The number of carbonyl (C=O) groups excluding carboxylic acids is 1. The summed E-state index contributed by atoms with van der Waals surface area (Å²) in [5.41, 5.74) is 6.45. The summed E-state index contributed by atoms with van der Waals surface area (Å²) in [7, 11) is 0. The molecule has 104 valence electrons. The minimum absolute atomic E-state index is 0.0837. The number of ether oxygens (including phenoxy) is 1. The first-order chi connectivity index (χ1) is 9.04. The molecule has 0 saturated heterocycles. The number of alkyl carbamates (subject to hydrolysis) is 1. The van der Waals surface area contributed by atoms with Gasteiger partial charge in [-0.25, -0.2) is 9.59 Å². The Morgan fingerprint density at radius 3 is 2.53 bits per heavy atom. The van der Waals surface area contributed by atoms with Crippen LogP contribution in [0.5, 0.6) is 0 Å². The third kappa shape index (κ3) is 4.97. The molecule has 4 N–H and O–H groups in total. The summed E-state index contributed by atoms with van der Waals surface area (Å²) in [4.78, 5) is 22.5. The Morgan fingerprint density at radius 1 is 1.37 bits per heavy atom. The molecule has 0 aliphatic rings. The highest BCUT2D eigenvalue weighted by Gasteiger charge is 2.26. The lowest BCUT2D eigenvalue weighted by Gasteiger charge is -2.19. The predicted octanol–water partition coefficient (Wildman–Crippen LogP) is 1.10. The minimum atomic E-state index is -1.17. The lowest BCUT2D eigenvalue weighted by atomic mass is 10.1. The molecule has 1 aromatic carbocycles. The van der Waals surface area contributed by atoms with Gasteiger partial charge in [0.2, 0.25) is 0 Å². The van der Waals surface area contributed by atoms with E-state index in [1.165, 1.54) is 0 Å². The second kappa shape index (κ2) is 7.38. The van der Waals surface area contributed by atoms with Crippen molar-refractivity contribution in [3.05, 3.63) is 35.9 Å². The molecule has 0 fully saturated rings. The number of benzene rings is 1. The monoisotopic (exact) mass is 266 g/mol. The molecule has 0 aliphatic carbocycles. The van der Waals surface area contributed by atoms with E-state index >= 15 is 0 Å². The van der Waals surface area contributed by atoms with Crippen LogP contribution in [0.1, 0.15) is 18.9 Å². The molecule has 0 unspecified atom stereocenters. The largest absolute Gasteiger partial charge is 0.480 e. The third-order valence-corrected chi connectivity index (χ3v) is 2.65. The molecule has 0 spiro atoms. The van der Waals surface area contributed by atoms with E-state index in [4.69, 9.17) is 15.6 Å². The molecule has 6 nitrogen and oxygen atoms in total. The molecule has 0 radical (unpaired) electrons. The first-order valence-electron chi connectivity index (χ1n) is 6.00. The Morgan fingerprint density at radius 2 is 2.00 bits per heavy atom. The molecule has 1 aromatic rings. The number of hydrogen-bond acceptors (Lipinski definition) is 4. The van der Waals surface area contributed by atoms with E-state index in [1.807, 2.05) is 18.2 Å². The maximum absolute atomic E-state index is 11.5. The molecule has 2 atom stereocenters. The summed E-state index contributed by atoms with van der Waals surface area (Å²) >= 11 is 0. The molecule has 1 amide bonds. The van der Waals surface area contributed by atoms with Gasteiger partial charge in [0.15, 0.2) is 0 Å². The molecule has 6 heteroatoms. The summed E-state index contributed by atoms with van der Waals surface area (Å²) in [5.74, 6) is -1.17. The molecule has 1 rings (SSSR count). The maximum Gasteiger partial charge on any atom is 0.408 e. The van der Waals surface area contributed by atoms with Crippen molar-refractivity contribution >= 4 is 12.1 Å². The van der Waals surface area contributed by atoms with Crippen molar-refractivity contribution in [1.82, 2.24) is 5.32 Å². The summed E-state index contributed by atoms with van der Waals surface area (Å²) < 4.78 is 4.93. The van der Waals surface area contributed by atoms with Gasteiger partial charge in [-0.15, -0.1) is 0 Å². The molecule has 0 aromatic heterocycles. The highest BCUT2D eigenvalue weighted by atomic mass is 16.5. The Kier molecular flexibility index (Phi) is 5.81. The van der Waals surface area contributed by atoms with Crippen LogP contribution in [-0.4, -0.2) is 29.3 Å². The molecule has 0 saturated carbocycles. The van der Waals surface area contributed by atoms with Gasteiger partial charge >= 0.3 is 12.1 Å². The number of nitrogens with one attached hydrogen (secondary N) is 1. The normalized spacial score (nSPS) is 13.4. The van der Waals surface area contributed by atoms with Gasteiger partial charge < -0.3 is 20.9 Å². The van der Waals surface area contributed by atoms with Gasteiger partial charge in [0.1, 0.15) is 12.6 Å². The van der Waals surface area contributed by atoms with Crippen molar-refractivity contribution in [3.8, 4) is 0 Å². The van der Waals surface area contributed by atoms with Gasteiger partial charge in [-0.2, -0.15) is 0 Å². The molecular weight excluding hydrogens is 248 g/mol. The standard InChI is InChI=1S/C13H18N2O4/c1-2-10(14)11(12(16)17)15-13(18)19-8-9-6-4-3-5-7-9/h3-7,10-11H,2,8,14H2,1H3,(H,15,18)(H,16,17)/t10-,11-/m0/s1. The van der Waals surface area contributed by atoms with Gasteiger partial charge in [-0.3, -0.25) is 0 Å². The predicted molar refractivity (Wildman–Crippen MR) is 69.5 cm³/mol. The number of amides is 1. The Hall–Kier alpha value is -2.08. The number of aliphatic carboxylic acids is 1. The first kappa shape index (κ1) is 15.0. The third-order valence-electron chi connectivity index (χ3n) is 2.65. The zero-order valence-corrected chi connectivity index (χ0v) is 10.7. The molecule has 0 bridgehead atoms. The minimum Gasteiger partial charge on any atom is -0.480 e. The highest BCUT2D eigenvalue weighted by Crippen LogP contribution is 2.02. The maximum atomic E-state index is 11.5. The fourth-order valence-corrected chi connectivity index (χ4v) is 1.48. The fourth-order valence-electron chi connectivity index (χ4n) is 1.48. The number of carboxylic acids is 1. The summed E-state index contributed by atoms with van der Waals surface area (Å²) in [6.45, 7) is 1.83. The van der Waals surface area contributed by atoms with Gasteiger partial charge in [0.25, 0.3) is 0 Å². The number of rotatable bonds is 6. The van der Waals surface area contributed by atoms with Crippen LogP contribution in [0.4, 0.5) is 4.79 Å². The van der Waals surface area contributed by atoms with Crippen molar-refractivity contribution in [3.63, 3.8) is 0 Å². The van der Waals surface area contributed by atoms with Crippen LogP contribution >= 0.6 is 0 Å². The number of carbonyl (C=O) groups is 2. The van der Waals surface area contributed by atoms with Crippen molar-refractivity contribution in [1.29, 1.82) is 0 Å². The molecule has 0 aliphatic heterocycles. The van der Waals surface area contributed by atoms with Crippen LogP contribution in [0.3, 0.4) is 0 Å². The van der Waals surface area contributed by atoms with Crippen molar-refractivity contribution in [2.24, 2.45) is 5.73 Å². The quantitative estimate of drug-likeness (QED) is 0.715. The van der Waals surface area contributed by atoms with Crippen LogP contribution in [0, 0.1) is 0 Å². The smallest absolute Gasteiger partial charge is 0.408 e. The van der Waals surface area contributed by atoms with Crippen molar-refractivity contribution in [2.45, 2.75) is 32.0 Å². The Bertz CT molecular complexity index is 422. The van der Waals surface area contributed by atoms with Crippen LogP contribution in [0.25, 0.3) is 0 Å². The average Bonchev–Trinajstić information content (AvgIpc) is 2.42. The van der Waals surface area contributed by atoms with Gasteiger partial charge in [0, 0.05) is 6.04 Å². The van der Waals surface area contributed by atoms with Crippen LogP contribution in [-0.2, 0) is 16.1 Å². The Labute approximate surface area is 111 Å². The van der Waals surface area contributed by atoms with E-state index < -0.39 is 24.1 Å². The lowest BCUT2D eigenvalue weighted by molar-refractivity contribution is -0.139. The first-order valence-corrected chi connectivity index (χ1v) is 6.00. The van der Waals surface area contributed by atoms with E-state index in [9.17, 15) is 9.59 Å². The summed E-state index contributed by atoms with van der Waals surface area (Å²) in [6, 6.07) is 7.31. The summed E-state index contributed by atoms with van der Waals surface area (Å²) in [5, 5.41) is 11.2. The zero-order valence-electron chi connectivity index (χ0n) is 10.7. The van der Waals surface area contributed by atoms with Crippen LogP contribution in [0.15, 0.2) is 30.3 Å². The van der Waals surface area contributed by atoms with E-state index in [2.05, 4.69) is 5.32 Å². The van der Waals surface area contributed by atoms with E-state index in [1.54, 1.807) is 19.1 Å². The van der Waals surface area contributed by atoms with Crippen molar-refractivity contribution < 1.29 is 19.4 Å². The van der Waals surface area contributed by atoms with Crippen LogP contribution in [0.2, 0.25) is 0 Å². The number of hydrogen-bond donors (Lipinski definition) is 3. The van der Waals surface area contributed by atoms with Crippen molar-refractivity contribution in [2.75, 3.05) is 0 Å². The van der Waals surface area contributed by atoms with E-state index in [0.717, 1.165) is 5.56 Å². The highest BCUT2D eigenvalue weighted by molar-refractivity contribution is 5.80. The second-order valence-electron chi connectivity index (χ2n) is 4.09. The van der Waals surface area contributed by atoms with Gasteiger partial charge in [-0.05, 0) is 12.0 Å². The zero-order chi connectivity index (χ0) is 14.3. The van der Waals surface area contributed by atoms with Gasteiger partial charge in [0.05, 0.1) is 0 Å². The Balaban J connectivity index is 2.47. The van der Waals surface area contributed by atoms with E-state index in [0.29, 0.717) is 6.42 Å². The average molecular weight is 266 g/mol. The SMILES string of the molecule is CC[C@H](N)[C@H](NC(=O)OCc1ccccc1)C(=O)O.